The maximum absolute atomic E-state index is 13.1. The number of anilines is 1. The van der Waals surface area contributed by atoms with Crippen molar-refractivity contribution >= 4 is 55.9 Å². The van der Waals surface area contributed by atoms with Crippen LogP contribution in [0.1, 0.15) is 33.4 Å². The molecule has 1 N–H and O–H groups in total. The van der Waals surface area contributed by atoms with Crippen LogP contribution in [-0.2, 0) is 38.6 Å². The van der Waals surface area contributed by atoms with Gasteiger partial charge in [0.25, 0.3) is 5.56 Å². The van der Waals surface area contributed by atoms with Gasteiger partial charge in [-0.2, -0.15) is 0 Å². The highest BCUT2D eigenvalue weighted by Crippen LogP contribution is 2.27. The number of esters is 2. The van der Waals surface area contributed by atoms with Crippen molar-refractivity contribution in [2.24, 2.45) is 0 Å². The van der Waals surface area contributed by atoms with Crippen LogP contribution in [0.4, 0.5) is 5.13 Å². The second kappa shape index (κ2) is 11.2. The number of amides is 1. The van der Waals surface area contributed by atoms with Gasteiger partial charge in [0, 0.05) is 5.38 Å². The van der Waals surface area contributed by atoms with Crippen LogP contribution in [0.15, 0.2) is 46.8 Å². The minimum absolute atomic E-state index is 0.00774. The molecule has 4 aromatic rings. The van der Waals surface area contributed by atoms with Crippen LogP contribution in [0.2, 0.25) is 0 Å². The molecule has 0 aliphatic heterocycles. The highest BCUT2D eigenvalue weighted by Gasteiger charge is 2.21. The average molecular weight is 527 g/mol. The summed E-state index contributed by atoms with van der Waals surface area (Å²) in [6, 6.07) is 9.28. The highest BCUT2D eigenvalue weighted by atomic mass is 32.1. The van der Waals surface area contributed by atoms with Crippen molar-refractivity contribution in [2.75, 3.05) is 11.9 Å². The first-order valence-electron chi connectivity index (χ1n) is 10.9. The Hall–Kier alpha value is -3.90. The van der Waals surface area contributed by atoms with Gasteiger partial charge in [0.15, 0.2) is 5.13 Å². The lowest BCUT2D eigenvalue weighted by Crippen LogP contribution is -2.27. The van der Waals surface area contributed by atoms with Crippen molar-refractivity contribution < 1.29 is 23.9 Å². The standard InChI is InChI=1S/C24H22N4O6S2/c1-3-33-18(30)9-16-12-35-24(26-16)27-17(29)10-28-13-25-21-19(22(28)31)14(2)20(36-21)23(32)34-11-15-7-5-4-6-8-15/h4-8,12-13H,3,9-11H2,1-2H3,(H,26,27,29). The Morgan fingerprint density at radius 2 is 1.92 bits per heavy atom. The van der Waals surface area contributed by atoms with Crippen molar-refractivity contribution in [1.29, 1.82) is 0 Å². The van der Waals surface area contributed by atoms with Gasteiger partial charge in [-0.05, 0) is 25.0 Å². The van der Waals surface area contributed by atoms with Gasteiger partial charge < -0.3 is 14.8 Å². The predicted molar refractivity (Wildman–Crippen MR) is 135 cm³/mol. The minimum atomic E-state index is -0.537. The molecule has 4 rings (SSSR count). The first-order chi connectivity index (χ1) is 17.4. The van der Waals surface area contributed by atoms with E-state index in [0.717, 1.165) is 28.2 Å². The number of aromatic nitrogens is 3. The average Bonchev–Trinajstić information content (AvgIpc) is 3.43. The van der Waals surface area contributed by atoms with Gasteiger partial charge in [-0.3, -0.25) is 19.0 Å². The Morgan fingerprint density at radius 3 is 2.67 bits per heavy atom. The zero-order valence-electron chi connectivity index (χ0n) is 19.5. The molecular formula is C24H22N4O6S2. The third kappa shape index (κ3) is 5.83. The molecule has 12 heteroatoms. The summed E-state index contributed by atoms with van der Waals surface area (Å²) in [5.74, 6) is -1.42. The molecule has 0 aliphatic rings. The van der Waals surface area contributed by atoms with E-state index in [1.54, 1.807) is 19.2 Å². The Morgan fingerprint density at radius 1 is 1.14 bits per heavy atom. The maximum Gasteiger partial charge on any atom is 0.349 e. The summed E-state index contributed by atoms with van der Waals surface area (Å²) >= 11 is 2.24. The lowest BCUT2D eigenvalue weighted by atomic mass is 10.2. The molecular weight excluding hydrogens is 504 g/mol. The Kier molecular flexibility index (Phi) is 7.86. The summed E-state index contributed by atoms with van der Waals surface area (Å²) < 4.78 is 11.5. The lowest BCUT2D eigenvalue weighted by molar-refractivity contribution is -0.142. The van der Waals surface area contributed by atoms with E-state index in [0.29, 0.717) is 26.1 Å². The van der Waals surface area contributed by atoms with Crippen molar-refractivity contribution in [3.8, 4) is 0 Å². The quantitative estimate of drug-likeness (QED) is 0.329. The number of carbonyl (C=O) groups is 3. The maximum atomic E-state index is 13.1. The van der Waals surface area contributed by atoms with Crippen molar-refractivity contribution in [3.05, 3.63) is 74.1 Å². The van der Waals surface area contributed by atoms with E-state index in [9.17, 15) is 19.2 Å². The lowest BCUT2D eigenvalue weighted by Gasteiger charge is -2.05. The highest BCUT2D eigenvalue weighted by molar-refractivity contribution is 7.20. The second-order valence-corrected chi connectivity index (χ2v) is 9.51. The molecule has 10 nitrogen and oxygen atoms in total. The van der Waals surface area contributed by atoms with Gasteiger partial charge in [-0.25, -0.2) is 14.8 Å². The fourth-order valence-electron chi connectivity index (χ4n) is 3.37. The Labute approximate surface area is 213 Å². The summed E-state index contributed by atoms with van der Waals surface area (Å²) in [7, 11) is 0. The fourth-order valence-corrected chi connectivity index (χ4v) is 5.13. The molecule has 3 heterocycles. The summed E-state index contributed by atoms with van der Waals surface area (Å²) in [5.41, 5.74) is 1.36. The molecule has 0 aliphatic carbocycles. The minimum Gasteiger partial charge on any atom is -0.466 e. The fraction of sp³-hybridized carbons (Fsp3) is 0.250. The molecule has 0 fully saturated rings. The number of ether oxygens (including phenoxy) is 2. The molecule has 0 unspecified atom stereocenters. The van der Waals surface area contributed by atoms with E-state index >= 15 is 0 Å². The summed E-state index contributed by atoms with van der Waals surface area (Å²) in [4.78, 5) is 59.0. The molecule has 0 saturated carbocycles. The molecule has 3 aromatic heterocycles. The van der Waals surface area contributed by atoms with E-state index in [4.69, 9.17) is 9.47 Å². The van der Waals surface area contributed by atoms with Gasteiger partial charge in [0.2, 0.25) is 5.91 Å². The van der Waals surface area contributed by atoms with E-state index < -0.39 is 23.4 Å². The molecule has 1 aromatic carbocycles. The van der Waals surface area contributed by atoms with E-state index in [-0.39, 0.29) is 31.6 Å². The first kappa shape index (κ1) is 25.2. The monoisotopic (exact) mass is 526 g/mol. The van der Waals surface area contributed by atoms with Gasteiger partial charge in [-0.1, -0.05) is 30.3 Å². The predicted octanol–water partition coefficient (Wildman–Crippen LogP) is 3.32. The smallest absolute Gasteiger partial charge is 0.349 e. The van der Waals surface area contributed by atoms with E-state index in [1.165, 1.54) is 10.9 Å². The normalized spacial score (nSPS) is 10.8. The van der Waals surface area contributed by atoms with Crippen molar-refractivity contribution in [1.82, 2.24) is 14.5 Å². The number of benzene rings is 1. The number of fused-ring (bicyclic) bond motifs is 1. The van der Waals surface area contributed by atoms with Crippen LogP contribution in [0, 0.1) is 6.92 Å². The third-order valence-electron chi connectivity index (χ3n) is 5.06. The number of carbonyl (C=O) groups excluding carboxylic acids is 3. The SMILES string of the molecule is CCOC(=O)Cc1csc(NC(=O)Cn2cnc3sc(C(=O)OCc4ccccc4)c(C)c3c2=O)n1. The van der Waals surface area contributed by atoms with Crippen molar-refractivity contribution in [2.45, 2.75) is 33.4 Å². The van der Waals surface area contributed by atoms with E-state index in [1.807, 2.05) is 30.3 Å². The number of thiophene rings is 1. The molecule has 0 radical (unpaired) electrons. The van der Waals surface area contributed by atoms with Crippen LogP contribution < -0.4 is 10.9 Å². The number of hydrogen-bond donors (Lipinski definition) is 1. The van der Waals surface area contributed by atoms with Gasteiger partial charge in [0.05, 0.1) is 30.4 Å². The van der Waals surface area contributed by atoms with Gasteiger partial charge >= 0.3 is 11.9 Å². The topological polar surface area (TPSA) is 129 Å². The second-order valence-electron chi connectivity index (χ2n) is 7.65. The van der Waals surface area contributed by atoms with Gasteiger partial charge in [-0.15, -0.1) is 22.7 Å². The van der Waals surface area contributed by atoms with Crippen LogP contribution >= 0.6 is 22.7 Å². The molecule has 1 amide bonds. The van der Waals surface area contributed by atoms with Crippen LogP contribution in [0.3, 0.4) is 0 Å². The molecule has 0 bridgehead atoms. The number of rotatable bonds is 9. The van der Waals surface area contributed by atoms with Crippen molar-refractivity contribution in [3.63, 3.8) is 0 Å². The zero-order valence-corrected chi connectivity index (χ0v) is 21.1. The third-order valence-corrected chi connectivity index (χ3v) is 7.04. The van der Waals surface area contributed by atoms with Crippen LogP contribution in [0.5, 0.6) is 0 Å². The summed E-state index contributed by atoms with van der Waals surface area (Å²) in [5, 5.41) is 4.84. The molecule has 0 spiro atoms. The first-order valence-corrected chi connectivity index (χ1v) is 12.6. The van der Waals surface area contributed by atoms with E-state index in [2.05, 4.69) is 15.3 Å². The Balaban J connectivity index is 1.44. The number of thiazole rings is 1. The Bertz CT molecular complexity index is 1480. The molecule has 0 atom stereocenters. The summed E-state index contributed by atoms with van der Waals surface area (Å²) in [6.07, 6.45) is 1.28. The molecule has 36 heavy (non-hydrogen) atoms. The number of hydrogen-bond acceptors (Lipinski definition) is 10. The largest absolute Gasteiger partial charge is 0.466 e. The van der Waals surface area contributed by atoms with Crippen LogP contribution in [-0.4, -0.2) is 39.0 Å². The summed E-state index contributed by atoms with van der Waals surface area (Å²) in [6.45, 7) is 3.47. The molecule has 186 valence electrons. The van der Waals surface area contributed by atoms with Gasteiger partial charge in [0.1, 0.15) is 22.9 Å². The number of nitrogens with one attached hydrogen (secondary N) is 1. The molecule has 0 saturated heterocycles. The van der Waals surface area contributed by atoms with Crippen LogP contribution in [0.25, 0.3) is 10.2 Å². The zero-order chi connectivity index (χ0) is 25.7. The number of nitrogens with zero attached hydrogens (tertiary/aromatic N) is 3. The number of aryl methyl sites for hydroxylation is 1.